The molecule has 0 aromatic carbocycles. The molecule has 2 amide bonds. The number of fused-ring (bicyclic) bond motifs is 1. The fourth-order valence-electron chi connectivity index (χ4n) is 3.93. The maximum Gasteiger partial charge on any atom is 0.292 e. The Labute approximate surface area is 166 Å². The van der Waals surface area contributed by atoms with Gasteiger partial charge >= 0.3 is 0 Å². The molecule has 2 saturated heterocycles. The zero-order chi connectivity index (χ0) is 20.1. The number of nitrogens with zero attached hydrogens (tertiary/aromatic N) is 9. The van der Waals surface area contributed by atoms with E-state index in [1.165, 1.54) is 0 Å². The van der Waals surface area contributed by atoms with Gasteiger partial charge in [-0.05, 0) is 26.3 Å². The van der Waals surface area contributed by atoms with Gasteiger partial charge in [-0.3, -0.25) is 14.0 Å². The van der Waals surface area contributed by atoms with Crippen molar-refractivity contribution in [3.8, 4) is 0 Å². The predicted molar refractivity (Wildman–Crippen MR) is 99.9 cm³/mol. The molecular formula is C18H21N9O2. The minimum absolute atomic E-state index is 0.0649. The average molecular weight is 395 g/mol. The van der Waals surface area contributed by atoms with Gasteiger partial charge in [0.25, 0.3) is 11.7 Å². The van der Waals surface area contributed by atoms with Crippen molar-refractivity contribution in [2.24, 2.45) is 0 Å². The van der Waals surface area contributed by atoms with E-state index in [2.05, 4.69) is 25.5 Å². The van der Waals surface area contributed by atoms with Gasteiger partial charge in [-0.1, -0.05) is 5.21 Å². The second-order valence-corrected chi connectivity index (χ2v) is 7.67. The summed E-state index contributed by atoms with van der Waals surface area (Å²) in [6.45, 7) is 6.11. The van der Waals surface area contributed by atoms with Crippen LogP contribution in [-0.2, 0) is 11.3 Å². The first kappa shape index (κ1) is 17.7. The van der Waals surface area contributed by atoms with Crippen LogP contribution in [0.25, 0.3) is 5.78 Å². The number of carbonyl (C=O) groups excluding carboxylic acids is 2. The molecule has 0 radical (unpaired) electrons. The van der Waals surface area contributed by atoms with Crippen molar-refractivity contribution in [3.63, 3.8) is 0 Å². The lowest BCUT2D eigenvalue weighted by atomic mass is 10.1. The monoisotopic (exact) mass is 395 g/mol. The Bertz CT molecular complexity index is 1110. The SMILES string of the molecule is Cc1cc(C)n2c(C(=O)N3CC(n4cc(CN5CCCC5=O)nn4)C3)nnc2n1. The summed E-state index contributed by atoms with van der Waals surface area (Å²) >= 11 is 0. The maximum absolute atomic E-state index is 12.9. The molecule has 150 valence electrons. The number of aromatic nitrogens is 7. The molecule has 5 heterocycles. The lowest BCUT2D eigenvalue weighted by molar-refractivity contribution is -0.128. The Hall–Kier alpha value is -3.37. The third-order valence-electron chi connectivity index (χ3n) is 5.49. The zero-order valence-corrected chi connectivity index (χ0v) is 16.3. The van der Waals surface area contributed by atoms with E-state index in [-0.39, 0.29) is 23.7 Å². The number of aryl methyl sites for hydroxylation is 2. The van der Waals surface area contributed by atoms with Gasteiger partial charge < -0.3 is 9.80 Å². The fraction of sp³-hybridized carbons (Fsp3) is 0.500. The Morgan fingerprint density at radius 2 is 2.03 bits per heavy atom. The van der Waals surface area contributed by atoms with Crippen molar-refractivity contribution >= 4 is 17.6 Å². The standard InChI is InChI=1S/C18H21N9O2/c1-11-6-12(2)27-16(21-22-18(27)19-11)17(29)25-9-14(10-25)26-8-13(20-23-26)7-24-5-3-4-15(24)28/h6,8,14H,3-5,7,9-10H2,1-2H3. The van der Waals surface area contributed by atoms with E-state index in [0.717, 1.165) is 30.0 Å². The Morgan fingerprint density at radius 3 is 2.79 bits per heavy atom. The molecule has 2 fully saturated rings. The van der Waals surface area contributed by atoms with E-state index in [1.807, 2.05) is 26.1 Å². The smallest absolute Gasteiger partial charge is 0.292 e. The molecule has 3 aromatic rings. The second kappa shape index (κ2) is 6.61. The largest absolute Gasteiger partial charge is 0.337 e. The third kappa shape index (κ3) is 3.02. The molecule has 0 N–H and O–H groups in total. The molecule has 2 aliphatic heterocycles. The lowest BCUT2D eigenvalue weighted by Gasteiger charge is -2.38. The quantitative estimate of drug-likeness (QED) is 0.618. The number of amides is 2. The van der Waals surface area contributed by atoms with Crippen molar-refractivity contribution in [2.75, 3.05) is 19.6 Å². The minimum atomic E-state index is -0.175. The van der Waals surface area contributed by atoms with Crippen LogP contribution in [0.5, 0.6) is 0 Å². The summed E-state index contributed by atoms with van der Waals surface area (Å²) in [6, 6.07) is 1.96. The highest BCUT2D eigenvalue weighted by Gasteiger charge is 2.35. The highest BCUT2D eigenvalue weighted by Crippen LogP contribution is 2.23. The van der Waals surface area contributed by atoms with E-state index < -0.39 is 0 Å². The van der Waals surface area contributed by atoms with Crippen LogP contribution in [0.15, 0.2) is 12.3 Å². The van der Waals surface area contributed by atoms with Crippen molar-refractivity contribution in [2.45, 2.75) is 39.3 Å². The van der Waals surface area contributed by atoms with E-state index in [0.29, 0.717) is 31.8 Å². The molecule has 0 unspecified atom stereocenters. The second-order valence-electron chi connectivity index (χ2n) is 7.67. The highest BCUT2D eigenvalue weighted by molar-refractivity contribution is 5.92. The molecule has 29 heavy (non-hydrogen) atoms. The van der Waals surface area contributed by atoms with E-state index in [9.17, 15) is 9.59 Å². The zero-order valence-electron chi connectivity index (χ0n) is 16.3. The summed E-state index contributed by atoms with van der Waals surface area (Å²) in [4.78, 5) is 32.5. The lowest BCUT2D eigenvalue weighted by Crippen LogP contribution is -2.51. The molecule has 11 nitrogen and oxygen atoms in total. The van der Waals surface area contributed by atoms with Crippen LogP contribution in [0.3, 0.4) is 0 Å². The van der Waals surface area contributed by atoms with Crippen LogP contribution >= 0.6 is 0 Å². The third-order valence-corrected chi connectivity index (χ3v) is 5.49. The fourth-order valence-corrected chi connectivity index (χ4v) is 3.93. The molecular weight excluding hydrogens is 374 g/mol. The summed E-state index contributed by atoms with van der Waals surface area (Å²) in [6.07, 6.45) is 3.37. The number of carbonyl (C=O) groups is 2. The van der Waals surface area contributed by atoms with Crippen LogP contribution in [0, 0.1) is 13.8 Å². The van der Waals surface area contributed by atoms with Gasteiger partial charge in [0.1, 0.15) is 5.69 Å². The summed E-state index contributed by atoms with van der Waals surface area (Å²) in [5.74, 6) is 0.696. The summed E-state index contributed by atoms with van der Waals surface area (Å²) < 4.78 is 3.46. The number of hydrogen-bond donors (Lipinski definition) is 0. The average Bonchev–Trinajstić information content (AvgIpc) is 3.35. The van der Waals surface area contributed by atoms with Crippen molar-refractivity contribution in [3.05, 3.63) is 35.2 Å². The van der Waals surface area contributed by atoms with Crippen molar-refractivity contribution in [1.29, 1.82) is 0 Å². The molecule has 0 atom stereocenters. The minimum Gasteiger partial charge on any atom is -0.337 e. The van der Waals surface area contributed by atoms with E-state index in [1.54, 1.807) is 18.9 Å². The highest BCUT2D eigenvalue weighted by atomic mass is 16.2. The maximum atomic E-state index is 12.9. The van der Waals surface area contributed by atoms with Crippen molar-refractivity contribution < 1.29 is 9.59 Å². The predicted octanol–water partition coefficient (Wildman–Crippen LogP) is 0.152. The molecule has 3 aromatic heterocycles. The summed E-state index contributed by atoms with van der Waals surface area (Å²) in [5, 5.41) is 16.4. The van der Waals surface area contributed by atoms with Crippen LogP contribution in [0.1, 0.15) is 46.6 Å². The molecule has 0 spiro atoms. The first-order chi connectivity index (χ1) is 14.0. The van der Waals surface area contributed by atoms with Crippen molar-refractivity contribution in [1.82, 2.24) is 44.4 Å². The number of rotatable bonds is 4. The summed E-state index contributed by atoms with van der Waals surface area (Å²) in [7, 11) is 0. The molecule has 0 bridgehead atoms. The van der Waals surface area contributed by atoms with Gasteiger partial charge in [0, 0.05) is 37.4 Å². The Balaban J connectivity index is 1.25. The van der Waals surface area contributed by atoms with Gasteiger partial charge in [-0.25, -0.2) is 9.67 Å². The van der Waals surface area contributed by atoms with Crippen LogP contribution < -0.4 is 0 Å². The van der Waals surface area contributed by atoms with E-state index >= 15 is 0 Å². The number of hydrogen-bond acceptors (Lipinski definition) is 7. The number of likely N-dealkylation sites (tertiary alicyclic amines) is 2. The van der Waals surface area contributed by atoms with Crippen LogP contribution in [0.4, 0.5) is 0 Å². The van der Waals surface area contributed by atoms with E-state index in [4.69, 9.17) is 0 Å². The van der Waals surface area contributed by atoms with Crippen LogP contribution in [0.2, 0.25) is 0 Å². The van der Waals surface area contributed by atoms with Crippen LogP contribution in [-0.4, -0.2) is 75.8 Å². The molecule has 2 aliphatic rings. The molecule has 0 aliphatic carbocycles. The van der Waals surface area contributed by atoms with Gasteiger partial charge in [0.15, 0.2) is 0 Å². The molecule has 0 saturated carbocycles. The summed E-state index contributed by atoms with van der Waals surface area (Å²) in [5.41, 5.74) is 2.48. The first-order valence-corrected chi connectivity index (χ1v) is 9.67. The normalized spacial score (nSPS) is 17.4. The van der Waals surface area contributed by atoms with Gasteiger partial charge in [-0.15, -0.1) is 15.3 Å². The Kier molecular flexibility index (Phi) is 4.03. The van der Waals surface area contributed by atoms with Gasteiger partial charge in [-0.2, -0.15) is 0 Å². The Morgan fingerprint density at radius 1 is 1.21 bits per heavy atom. The van der Waals surface area contributed by atoms with Gasteiger partial charge in [0.05, 0.1) is 18.8 Å². The topological polar surface area (TPSA) is 114 Å². The molecule has 5 rings (SSSR count). The molecule has 11 heteroatoms. The van der Waals surface area contributed by atoms with Gasteiger partial charge in [0.2, 0.25) is 11.7 Å². The first-order valence-electron chi connectivity index (χ1n) is 9.67.